The normalized spacial score (nSPS) is 16.8. The number of hydrogen-bond acceptors (Lipinski definition) is 3. The molecule has 0 aromatic rings. The Bertz CT molecular complexity index is 263. The van der Waals surface area contributed by atoms with E-state index < -0.39 is 5.92 Å². The van der Waals surface area contributed by atoms with E-state index in [-0.39, 0.29) is 0 Å². The summed E-state index contributed by atoms with van der Waals surface area (Å²) >= 11 is 0. The second kappa shape index (κ2) is 6.82. The number of rotatable bonds is 1. The molecule has 0 unspecified atom stereocenters. The number of nitrogens with zero attached hydrogens (tertiary/aromatic N) is 4. The van der Waals surface area contributed by atoms with Crippen LogP contribution in [0, 0.1) is 39.9 Å². The summed E-state index contributed by atoms with van der Waals surface area (Å²) in [5, 5.41) is 23.5. The van der Waals surface area contributed by atoms with Crippen molar-refractivity contribution in [1.29, 1.82) is 15.8 Å². The molecule has 1 rings (SSSR count). The minimum atomic E-state index is -1.10. The second-order valence-electron chi connectivity index (χ2n) is 3.91. The second-order valence-corrected chi connectivity index (χ2v) is 3.91. The van der Waals surface area contributed by atoms with Crippen LogP contribution in [0.4, 0.5) is 0 Å². The summed E-state index contributed by atoms with van der Waals surface area (Å²) in [6, 6.07) is 4.44. The van der Waals surface area contributed by atoms with Crippen LogP contribution in [-0.4, -0.2) is 31.2 Å². The highest BCUT2D eigenvalue weighted by molar-refractivity contribution is 5.11. The molecular weight excluding hydrogens is 188 g/mol. The van der Waals surface area contributed by atoms with Crippen molar-refractivity contribution in [3.63, 3.8) is 0 Å². The van der Waals surface area contributed by atoms with Gasteiger partial charge in [0.25, 0.3) is 0 Å². The number of quaternary nitrogens is 1. The Hall–Kier alpha value is -1.57. The first kappa shape index (κ1) is 13.4. The van der Waals surface area contributed by atoms with Crippen LogP contribution in [0.25, 0.3) is 0 Å². The molecule has 1 fully saturated rings. The summed E-state index contributed by atoms with van der Waals surface area (Å²) < 4.78 is 1.32. The maximum Gasteiger partial charge on any atom is 0.218 e. The van der Waals surface area contributed by atoms with Crippen LogP contribution in [0.1, 0.15) is 19.8 Å². The van der Waals surface area contributed by atoms with Gasteiger partial charge < -0.3 is 4.48 Å². The molecule has 0 saturated carbocycles. The van der Waals surface area contributed by atoms with Gasteiger partial charge in [-0.2, -0.15) is 15.8 Å². The van der Waals surface area contributed by atoms with E-state index in [9.17, 15) is 0 Å². The maximum absolute atomic E-state index is 7.83. The van der Waals surface area contributed by atoms with Crippen molar-refractivity contribution in [3.8, 4) is 18.2 Å². The molecule has 80 valence electrons. The summed E-state index contributed by atoms with van der Waals surface area (Å²) in [4.78, 5) is 0. The van der Waals surface area contributed by atoms with E-state index in [1.54, 1.807) is 0 Å². The number of hydrogen-bond donors (Lipinski definition) is 0. The highest BCUT2D eigenvalue weighted by Crippen LogP contribution is 2.14. The predicted molar refractivity (Wildman–Crippen MR) is 56.0 cm³/mol. The van der Waals surface area contributed by atoms with Crippen molar-refractivity contribution in [3.05, 3.63) is 0 Å². The van der Waals surface area contributed by atoms with Gasteiger partial charge in [-0.25, -0.2) is 0 Å². The summed E-state index contributed by atoms with van der Waals surface area (Å²) in [5.74, 6) is -1.10. The third-order valence-electron chi connectivity index (χ3n) is 2.80. The minimum absolute atomic E-state index is 1.10. The van der Waals surface area contributed by atoms with Gasteiger partial charge in [-0.1, -0.05) is 0 Å². The third kappa shape index (κ3) is 5.01. The average molecular weight is 205 g/mol. The van der Waals surface area contributed by atoms with Gasteiger partial charge in [0.05, 0.1) is 44.9 Å². The lowest BCUT2D eigenvalue weighted by Crippen LogP contribution is -2.40. The molecule has 1 saturated heterocycles. The maximum atomic E-state index is 7.83. The lowest BCUT2D eigenvalue weighted by atomic mass is 10.2. The SMILES string of the molecule is CC[N+]1(C)CCCC1.N#CC(C#N)C#N. The molecule has 1 aliphatic rings. The molecule has 15 heavy (non-hydrogen) atoms. The van der Waals surface area contributed by atoms with Crippen LogP contribution < -0.4 is 0 Å². The van der Waals surface area contributed by atoms with Gasteiger partial charge in [0, 0.05) is 12.8 Å². The monoisotopic (exact) mass is 205 g/mol. The fraction of sp³-hybridized carbons (Fsp3) is 0.727. The van der Waals surface area contributed by atoms with E-state index in [2.05, 4.69) is 14.0 Å². The Balaban J connectivity index is 0.000000265. The zero-order chi connectivity index (χ0) is 11.7. The lowest BCUT2D eigenvalue weighted by molar-refractivity contribution is -0.895. The van der Waals surface area contributed by atoms with Gasteiger partial charge in [-0.15, -0.1) is 0 Å². The fourth-order valence-corrected chi connectivity index (χ4v) is 1.50. The van der Waals surface area contributed by atoms with E-state index in [0.717, 1.165) is 0 Å². The van der Waals surface area contributed by atoms with Crippen molar-refractivity contribution in [2.75, 3.05) is 26.7 Å². The van der Waals surface area contributed by atoms with Gasteiger partial charge in [0.15, 0.2) is 0 Å². The van der Waals surface area contributed by atoms with E-state index in [1.807, 2.05) is 0 Å². The van der Waals surface area contributed by atoms with E-state index in [1.165, 1.54) is 55.2 Å². The molecule has 0 atom stereocenters. The molecule has 4 heteroatoms. The standard InChI is InChI=1S/C7H16N.C4HN3/c1-3-8(2)6-4-5-7-8;5-1-4(2-6)3-7/h3-7H2,1-2H3;4H/q+1;. The van der Waals surface area contributed by atoms with E-state index in [0.29, 0.717) is 0 Å². The van der Waals surface area contributed by atoms with Crippen molar-refractivity contribution in [1.82, 2.24) is 0 Å². The third-order valence-corrected chi connectivity index (χ3v) is 2.80. The van der Waals surface area contributed by atoms with Gasteiger partial charge in [0.1, 0.15) is 0 Å². The Labute approximate surface area is 91.5 Å². The number of likely N-dealkylation sites (tertiary alicyclic amines) is 1. The van der Waals surface area contributed by atoms with Gasteiger partial charge in [0.2, 0.25) is 5.92 Å². The smallest absolute Gasteiger partial charge is 0.218 e. The molecule has 0 radical (unpaired) electrons. The zero-order valence-electron chi connectivity index (χ0n) is 9.40. The molecule has 0 aliphatic carbocycles. The predicted octanol–water partition coefficient (Wildman–Crippen LogP) is 1.42. The van der Waals surface area contributed by atoms with Crippen LogP contribution in [0.15, 0.2) is 0 Å². The summed E-state index contributed by atoms with van der Waals surface area (Å²) in [6.07, 6.45) is 2.90. The molecule has 0 aromatic carbocycles. The van der Waals surface area contributed by atoms with Crippen molar-refractivity contribution < 1.29 is 4.48 Å². The van der Waals surface area contributed by atoms with Crippen molar-refractivity contribution >= 4 is 0 Å². The molecular formula is C11H17N4+. The summed E-state index contributed by atoms with van der Waals surface area (Å²) in [5.41, 5.74) is 0. The quantitative estimate of drug-likeness (QED) is 0.608. The molecule has 0 bridgehead atoms. The Morgan fingerprint density at radius 3 is 1.60 bits per heavy atom. The topological polar surface area (TPSA) is 71.4 Å². The molecule has 0 spiro atoms. The molecule has 4 nitrogen and oxygen atoms in total. The van der Waals surface area contributed by atoms with Crippen LogP contribution in [0.2, 0.25) is 0 Å². The first-order valence-electron chi connectivity index (χ1n) is 5.14. The highest BCUT2D eigenvalue weighted by Gasteiger charge is 2.23. The lowest BCUT2D eigenvalue weighted by Gasteiger charge is -2.26. The first-order chi connectivity index (χ1) is 7.11. The molecule has 0 amide bonds. The van der Waals surface area contributed by atoms with Crippen LogP contribution >= 0.6 is 0 Å². The molecule has 0 aromatic heterocycles. The fourth-order valence-electron chi connectivity index (χ4n) is 1.50. The minimum Gasteiger partial charge on any atom is -0.326 e. The van der Waals surface area contributed by atoms with Crippen molar-refractivity contribution in [2.45, 2.75) is 19.8 Å². The van der Waals surface area contributed by atoms with E-state index >= 15 is 0 Å². The summed E-state index contributed by atoms with van der Waals surface area (Å²) in [7, 11) is 2.35. The molecule has 1 heterocycles. The average Bonchev–Trinajstić information content (AvgIpc) is 2.70. The molecule has 1 aliphatic heterocycles. The van der Waals surface area contributed by atoms with Gasteiger partial charge in [-0.3, -0.25) is 0 Å². The van der Waals surface area contributed by atoms with Crippen LogP contribution in [-0.2, 0) is 0 Å². The van der Waals surface area contributed by atoms with Crippen LogP contribution in [0.3, 0.4) is 0 Å². The Morgan fingerprint density at radius 1 is 1.07 bits per heavy atom. The van der Waals surface area contributed by atoms with Crippen LogP contribution in [0.5, 0.6) is 0 Å². The highest BCUT2D eigenvalue weighted by atomic mass is 15.3. The van der Waals surface area contributed by atoms with Gasteiger partial charge >= 0.3 is 0 Å². The zero-order valence-corrected chi connectivity index (χ0v) is 9.40. The number of nitriles is 3. The van der Waals surface area contributed by atoms with Crippen molar-refractivity contribution in [2.24, 2.45) is 5.92 Å². The van der Waals surface area contributed by atoms with Gasteiger partial charge in [-0.05, 0) is 6.92 Å². The van der Waals surface area contributed by atoms with E-state index in [4.69, 9.17) is 15.8 Å². The summed E-state index contributed by atoms with van der Waals surface area (Å²) in [6.45, 7) is 6.43. The first-order valence-corrected chi connectivity index (χ1v) is 5.14. The Morgan fingerprint density at radius 2 is 1.47 bits per heavy atom. The Kier molecular flexibility index (Phi) is 6.11. The molecule has 0 N–H and O–H groups in total. The largest absolute Gasteiger partial charge is 0.326 e.